The number of hydrogen-bond acceptors (Lipinski definition) is 3. The van der Waals surface area contributed by atoms with Gasteiger partial charge in [0.15, 0.2) is 0 Å². The molecule has 0 bridgehead atoms. The summed E-state index contributed by atoms with van der Waals surface area (Å²) in [5.41, 5.74) is 7.92. The molecule has 3 atom stereocenters. The predicted octanol–water partition coefficient (Wildman–Crippen LogP) is 3.42. The molecular formula is C15H28N4. The lowest BCUT2D eigenvalue weighted by atomic mass is 9.79. The Hall–Kier alpha value is -1.19. The van der Waals surface area contributed by atoms with Gasteiger partial charge in [-0.05, 0) is 44.4 Å². The maximum atomic E-state index is 6.17. The molecule has 0 radical (unpaired) electrons. The smallest absolute Gasteiger partial charge is 0.148 e. The average molecular weight is 264 g/mol. The van der Waals surface area contributed by atoms with Gasteiger partial charge >= 0.3 is 0 Å². The second kappa shape index (κ2) is 5.85. The predicted molar refractivity (Wildman–Crippen MR) is 81.3 cm³/mol. The Balaban J connectivity index is 2.10. The molecule has 3 unspecified atom stereocenters. The van der Waals surface area contributed by atoms with Gasteiger partial charge in [-0.1, -0.05) is 20.8 Å². The van der Waals surface area contributed by atoms with Crippen LogP contribution in [-0.2, 0) is 6.54 Å². The number of aromatic nitrogens is 2. The normalized spacial score (nSPS) is 27.5. The number of nitrogens with one attached hydrogen (secondary N) is 1. The van der Waals surface area contributed by atoms with Crippen molar-refractivity contribution in [1.82, 2.24) is 9.78 Å². The van der Waals surface area contributed by atoms with Gasteiger partial charge in [0.2, 0.25) is 0 Å². The first-order valence-corrected chi connectivity index (χ1v) is 7.62. The highest BCUT2D eigenvalue weighted by molar-refractivity contribution is 5.65. The van der Waals surface area contributed by atoms with E-state index in [4.69, 9.17) is 5.73 Å². The van der Waals surface area contributed by atoms with Crippen molar-refractivity contribution < 1.29 is 0 Å². The standard InChI is InChI=1S/C15H28N4/c1-5-8-19-15(14(16)12(4)18-19)17-13-7-6-10(2)11(3)9-13/h10-11,13,17H,5-9,16H2,1-4H3. The first-order chi connectivity index (χ1) is 9.02. The molecule has 0 spiro atoms. The lowest BCUT2D eigenvalue weighted by Gasteiger charge is -2.33. The molecule has 0 saturated heterocycles. The summed E-state index contributed by atoms with van der Waals surface area (Å²) in [5.74, 6) is 2.67. The number of hydrogen-bond donors (Lipinski definition) is 2. The van der Waals surface area contributed by atoms with Crippen molar-refractivity contribution in [3.63, 3.8) is 0 Å². The van der Waals surface area contributed by atoms with Crippen LogP contribution in [0.1, 0.15) is 52.1 Å². The lowest BCUT2D eigenvalue weighted by molar-refractivity contribution is 0.260. The van der Waals surface area contributed by atoms with Gasteiger partial charge in [-0.25, -0.2) is 4.68 Å². The number of nitrogen functional groups attached to an aromatic ring is 1. The summed E-state index contributed by atoms with van der Waals surface area (Å²) < 4.78 is 2.04. The highest BCUT2D eigenvalue weighted by atomic mass is 15.3. The van der Waals surface area contributed by atoms with Gasteiger partial charge in [0.1, 0.15) is 5.82 Å². The minimum absolute atomic E-state index is 0.542. The summed E-state index contributed by atoms with van der Waals surface area (Å²) in [4.78, 5) is 0. The van der Waals surface area contributed by atoms with E-state index >= 15 is 0 Å². The van der Waals surface area contributed by atoms with E-state index in [1.54, 1.807) is 0 Å². The van der Waals surface area contributed by atoms with Crippen LogP contribution in [0.3, 0.4) is 0 Å². The molecule has 1 fully saturated rings. The monoisotopic (exact) mass is 264 g/mol. The second-order valence-corrected chi connectivity index (χ2v) is 6.18. The average Bonchev–Trinajstić information content (AvgIpc) is 2.62. The molecule has 0 aromatic carbocycles. The third kappa shape index (κ3) is 3.04. The summed E-state index contributed by atoms with van der Waals surface area (Å²) in [6, 6.07) is 0.542. The Morgan fingerprint density at radius 3 is 2.68 bits per heavy atom. The number of aryl methyl sites for hydroxylation is 2. The van der Waals surface area contributed by atoms with Crippen LogP contribution in [0.25, 0.3) is 0 Å². The quantitative estimate of drug-likeness (QED) is 0.876. The molecule has 1 aliphatic rings. The maximum absolute atomic E-state index is 6.17. The first-order valence-electron chi connectivity index (χ1n) is 7.62. The van der Waals surface area contributed by atoms with Crippen molar-refractivity contribution in [2.24, 2.45) is 11.8 Å². The molecule has 19 heavy (non-hydrogen) atoms. The third-order valence-corrected chi connectivity index (χ3v) is 4.55. The van der Waals surface area contributed by atoms with Crippen molar-refractivity contribution in [2.45, 2.75) is 66.0 Å². The van der Waals surface area contributed by atoms with E-state index in [1.165, 1.54) is 19.3 Å². The van der Waals surface area contributed by atoms with E-state index in [-0.39, 0.29) is 0 Å². The van der Waals surface area contributed by atoms with Crippen molar-refractivity contribution >= 4 is 11.5 Å². The summed E-state index contributed by atoms with van der Waals surface area (Å²) >= 11 is 0. The molecule has 108 valence electrons. The minimum atomic E-state index is 0.542. The highest BCUT2D eigenvalue weighted by Gasteiger charge is 2.26. The van der Waals surface area contributed by atoms with Gasteiger partial charge < -0.3 is 11.1 Å². The topological polar surface area (TPSA) is 55.9 Å². The molecule has 4 heteroatoms. The largest absolute Gasteiger partial charge is 0.394 e. The van der Waals surface area contributed by atoms with E-state index in [9.17, 15) is 0 Å². The molecule has 2 rings (SSSR count). The van der Waals surface area contributed by atoms with Crippen LogP contribution in [0.4, 0.5) is 11.5 Å². The van der Waals surface area contributed by atoms with Crippen LogP contribution >= 0.6 is 0 Å². The zero-order chi connectivity index (χ0) is 14.0. The first kappa shape index (κ1) is 14.2. The zero-order valence-corrected chi connectivity index (χ0v) is 12.7. The number of nitrogens with two attached hydrogens (primary N) is 1. The van der Waals surface area contributed by atoms with E-state index in [0.717, 1.165) is 42.0 Å². The molecule has 1 heterocycles. The van der Waals surface area contributed by atoms with Crippen LogP contribution < -0.4 is 11.1 Å². The Bertz CT molecular complexity index is 424. The fourth-order valence-corrected chi connectivity index (χ4v) is 2.99. The van der Waals surface area contributed by atoms with Crippen molar-refractivity contribution in [2.75, 3.05) is 11.1 Å². The van der Waals surface area contributed by atoms with Gasteiger partial charge in [0.05, 0.1) is 11.4 Å². The van der Waals surface area contributed by atoms with Crippen LogP contribution in [0.5, 0.6) is 0 Å². The van der Waals surface area contributed by atoms with Crippen LogP contribution in [0, 0.1) is 18.8 Å². The second-order valence-electron chi connectivity index (χ2n) is 6.18. The van der Waals surface area contributed by atoms with E-state index < -0.39 is 0 Å². The molecule has 1 aromatic rings. The van der Waals surface area contributed by atoms with Crippen LogP contribution in [-0.4, -0.2) is 15.8 Å². The molecule has 0 amide bonds. The van der Waals surface area contributed by atoms with Crippen LogP contribution in [0.2, 0.25) is 0 Å². The van der Waals surface area contributed by atoms with Crippen molar-refractivity contribution in [3.8, 4) is 0 Å². The Kier molecular flexibility index (Phi) is 4.38. The molecular weight excluding hydrogens is 236 g/mol. The van der Waals surface area contributed by atoms with Gasteiger partial charge in [-0.3, -0.25) is 0 Å². The zero-order valence-electron chi connectivity index (χ0n) is 12.7. The summed E-state index contributed by atoms with van der Waals surface area (Å²) in [6.07, 6.45) is 4.85. The number of rotatable bonds is 4. The summed E-state index contributed by atoms with van der Waals surface area (Å²) in [6.45, 7) is 9.80. The fraction of sp³-hybridized carbons (Fsp3) is 0.800. The van der Waals surface area contributed by atoms with E-state index in [2.05, 4.69) is 31.2 Å². The Morgan fingerprint density at radius 1 is 1.32 bits per heavy atom. The molecule has 1 aliphatic carbocycles. The molecule has 3 N–H and O–H groups in total. The summed E-state index contributed by atoms with van der Waals surface area (Å²) in [5, 5.41) is 8.18. The SMILES string of the molecule is CCCn1nc(C)c(N)c1NC1CCC(C)C(C)C1. The Morgan fingerprint density at radius 2 is 2.05 bits per heavy atom. The van der Waals surface area contributed by atoms with E-state index in [0.29, 0.717) is 6.04 Å². The molecule has 0 aliphatic heterocycles. The molecule has 4 nitrogen and oxygen atoms in total. The van der Waals surface area contributed by atoms with Crippen molar-refractivity contribution in [3.05, 3.63) is 5.69 Å². The fourth-order valence-electron chi connectivity index (χ4n) is 2.99. The third-order valence-electron chi connectivity index (χ3n) is 4.55. The summed E-state index contributed by atoms with van der Waals surface area (Å²) in [7, 11) is 0. The van der Waals surface area contributed by atoms with Gasteiger partial charge in [-0.2, -0.15) is 5.10 Å². The Labute approximate surface area is 116 Å². The molecule has 1 aromatic heterocycles. The lowest BCUT2D eigenvalue weighted by Crippen LogP contribution is -2.31. The minimum Gasteiger partial charge on any atom is -0.394 e. The van der Waals surface area contributed by atoms with Gasteiger partial charge in [0, 0.05) is 12.6 Å². The number of nitrogens with zero attached hydrogens (tertiary/aromatic N) is 2. The van der Waals surface area contributed by atoms with Crippen molar-refractivity contribution in [1.29, 1.82) is 0 Å². The maximum Gasteiger partial charge on any atom is 0.148 e. The molecule has 1 saturated carbocycles. The number of anilines is 2. The van der Waals surface area contributed by atoms with Gasteiger partial charge in [0.25, 0.3) is 0 Å². The highest BCUT2D eigenvalue weighted by Crippen LogP contribution is 2.32. The van der Waals surface area contributed by atoms with Gasteiger partial charge in [-0.15, -0.1) is 0 Å². The van der Waals surface area contributed by atoms with Crippen LogP contribution in [0.15, 0.2) is 0 Å². The van der Waals surface area contributed by atoms with E-state index in [1.807, 2.05) is 11.6 Å².